The molecular weight excluding hydrogens is 150 g/mol. The van der Waals surface area contributed by atoms with Gasteiger partial charge in [-0.05, 0) is 18.4 Å². The summed E-state index contributed by atoms with van der Waals surface area (Å²) in [7, 11) is 3.75. The maximum absolute atomic E-state index is 9.85. The monoisotopic (exact) mass is 159 g/mol. The van der Waals surface area contributed by atoms with E-state index in [2.05, 4.69) is 0 Å². The highest BCUT2D eigenvalue weighted by atomic mass is 35.5. The Morgan fingerprint density at radius 3 is 2.50 bits per heavy atom. The molecule has 0 unspecified atom stereocenters. The molecule has 0 aromatic carbocycles. The van der Waals surface area contributed by atoms with Crippen LogP contribution in [0.2, 0.25) is 0 Å². The predicted octanol–water partition coefficient (Wildman–Crippen LogP) is 1.38. The molecule has 10 heavy (non-hydrogen) atoms. The van der Waals surface area contributed by atoms with Gasteiger partial charge < -0.3 is 4.90 Å². The molecule has 3 heteroatoms. The maximum Gasteiger partial charge on any atom is 0.144 e. The minimum atomic E-state index is 0.434. The summed E-state index contributed by atoms with van der Waals surface area (Å²) in [6, 6.07) is 0. The van der Waals surface area contributed by atoms with Crippen molar-refractivity contribution in [1.82, 2.24) is 4.90 Å². The number of aldehydes is 1. The molecule has 0 aromatic rings. The molecule has 0 saturated heterocycles. The first kappa shape index (κ1) is 9.24. The van der Waals surface area contributed by atoms with Gasteiger partial charge >= 0.3 is 0 Å². The topological polar surface area (TPSA) is 20.3 Å². The summed E-state index contributed by atoms with van der Waals surface area (Å²) < 4.78 is 0. The Balaban J connectivity index is 3.88. The molecule has 2 nitrogen and oxygen atoms in total. The molecule has 0 rings (SSSR count). The average Bonchev–Trinajstić information content (AvgIpc) is 1.85. The Morgan fingerprint density at radius 1 is 1.50 bits per heavy atom. The van der Waals surface area contributed by atoms with Gasteiger partial charge in [-0.15, -0.1) is 0 Å². The molecule has 0 bridgehead atoms. The van der Waals surface area contributed by atoms with Gasteiger partial charge in [-0.1, -0.05) is 11.6 Å². The Labute approximate surface area is 65.8 Å². The zero-order chi connectivity index (χ0) is 7.98. The van der Waals surface area contributed by atoms with Crippen LogP contribution in [0.15, 0.2) is 23.4 Å². The zero-order valence-corrected chi connectivity index (χ0v) is 6.80. The standard InChI is InChI=1S/C7H10ClNO/c1-9(2)5-3-7(8)4-6-10/h3-6H,1-2H3. The Kier molecular flexibility index (Phi) is 4.67. The molecule has 0 aliphatic heterocycles. The van der Waals surface area contributed by atoms with Crippen LogP contribution in [0, 0.1) is 0 Å². The van der Waals surface area contributed by atoms with Crippen LogP contribution in [-0.4, -0.2) is 25.3 Å². The van der Waals surface area contributed by atoms with Crippen LogP contribution in [0.1, 0.15) is 0 Å². The van der Waals surface area contributed by atoms with Crippen molar-refractivity contribution in [2.24, 2.45) is 0 Å². The lowest BCUT2D eigenvalue weighted by Crippen LogP contribution is -1.99. The Morgan fingerprint density at radius 2 is 2.10 bits per heavy atom. The smallest absolute Gasteiger partial charge is 0.144 e. The lowest BCUT2D eigenvalue weighted by atomic mass is 10.5. The number of halogens is 1. The molecule has 0 atom stereocenters. The van der Waals surface area contributed by atoms with E-state index in [-0.39, 0.29) is 0 Å². The fourth-order valence-corrected chi connectivity index (χ4v) is 0.449. The van der Waals surface area contributed by atoms with Crippen LogP contribution in [0.25, 0.3) is 0 Å². The zero-order valence-electron chi connectivity index (χ0n) is 6.04. The van der Waals surface area contributed by atoms with Gasteiger partial charge in [0.15, 0.2) is 0 Å². The number of carbonyl (C=O) groups is 1. The second kappa shape index (κ2) is 5.06. The first-order valence-electron chi connectivity index (χ1n) is 2.82. The van der Waals surface area contributed by atoms with Crippen molar-refractivity contribution < 1.29 is 4.79 Å². The number of rotatable bonds is 3. The van der Waals surface area contributed by atoms with Crippen molar-refractivity contribution in [2.45, 2.75) is 0 Å². The number of carbonyl (C=O) groups excluding carboxylic acids is 1. The van der Waals surface area contributed by atoms with Crippen LogP contribution >= 0.6 is 11.6 Å². The SMILES string of the molecule is CN(C)C=CC(Cl)=CC=O. The van der Waals surface area contributed by atoms with Crippen molar-refractivity contribution in [3.8, 4) is 0 Å². The average molecular weight is 160 g/mol. The second-order valence-electron chi connectivity index (χ2n) is 1.97. The van der Waals surface area contributed by atoms with E-state index in [1.807, 2.05) is 19.0 Å². The summed E-state index contributed by atoms with van der Waals surface area (Å²) in [6.45, 7) is 0. The lowest BCUT2D eigenvalue weighted by Gasteiger charge is -2.01. The van der Waals surface area contributed by atoms with Gasteiger partial charge in [0.2, 0.25) is 0 Å². The second-order valence-corrected chi connectivity index (χ2v) is 2.40. The molecule has 0 fully saturated rings. The van der Waals surface area contributed by atoms with E-state index in [1.165, 1.54) is 6.08 Å². The van der Waals surface area contributed by atoms with Gasteiger partial charge in [-0.25, -0.2) is 0 Å². The van der Waals surface area contributed by atoms with Crippen LogP contribution in [0.4, 0.5) is 0 Å². The summed E-state index contributed by atoms with van der Waals surface area (Å²) in [5.41, 5.74) is 0. The third kappa shape index (κ3) is 5.38. The Hall–Kier alpha value is -0.760. The highest BCUT2D eigenvalue weighted by Crippen LogP contribution is 2.00. The van der Waals surface area contributed by atoms with Crippen LogP contribution in [0.3, 0.4) is 0 Å². The third-order valence-electron chi connectivity index (χ3n) is 0.759. The third-order valence-corrected chi connectivity index (χ3v) is 1.01. The van der Waals surface area contributed by atoms with Gasteiger partial charge in [0.05, 0.1) is 0 Å². The quantitative estimate of drug-likeness (QED) is 0.352. The largest absolute Gasteiger partial charge is 0.383 e. The molecule has 0 aliphatic carbocycles. The highest BCUT2D eigenvalue weighted by Gasteiger charge is 1.81. The molecule has 0 aliphatic rings. The van der Waals surface area contributed by atoms with Gasteiger partial charge in [-0.2, -0.15) is 0 Å². The number of nitrogens with zero attached hydrogens (tertiary/aromatic N) is 1. The van der Waals surface area contributed by atoms with Crippen LogP contribution in [-0.2, 0) is 4.79 Å². The fourth-order valence-electron chi connectivity index (χ4n) is 0.341. The van der Waals surface area contributed by atoms with Crippen molar-refractivity contribution >= 4 is 17.9 Å². The van der Waals surface area contributed by atoms with Gasteiger partial charge in [-0.3, -0.25) is 4.79 Å². The summed E-state index contributed by atoms with van der Waals surface area (Å²) in [6.07, 6.45) is 5.36. The fraction of sp³-hybridized carbons (Fsp3) is 0.286. The molecule has 0 radical (unpaired) electrons. The normalized spacial score (nSPS) is 12.1. The van der Waals surface area contributed by atoms with Crippen molar-refractivity contribution in [2.75, 3.05) is 14.1 Å². The molecular formula is C7H10ClNO. The molecule has 0 heterocycles. The molecule has 0 saturated carbocycles. The molecule has 0 aromatic heterocycles. The first-order chi connectivity index (χ1) is 4.66. The summed E-state index contributed by atoms with van der Waals surface area (Å²) >= 11 is 5.54. The number of hydrogen-bond acceptors (Lipinski definition) is 2. The van der Waals surface area contributed by atoms with Crippen LogP contribution < -0.4 is 0 Å². The van der Waals surface area contributed by atoms with E-state index >= 15 is 0 Å². The number of hydrogen-bond donors (Lipinski definition) is 0. The first-order valence-corrected chi connectivity index (χ1v) is 3.20. The van der Waals surface area contributed by atoms with Gasteiger partial charge in [0, 0.05) is 19.1 Å². The van der Waals surface area contributed by atoms with E-state index < -0.39 is 0 Å². The van der Waals surface area contributed by atoms with E-state index in [4.69, 9.17) is 11.6 Å². The molecule has 0 spiro atoms. The van der Waals surface area contributed by atoms with E-state index in [9.17, 15) is 4.79 Å². The van der Waals surface area contributed by atoms with Gasteiger partial charge in [0.1, 0.15) is 6.29 Å². The number of allylic oxidation sites excluding steroid dienone is 3. The summed E-state index contributed by atoms with van der Waals surface area (Å²) in [5.74, 6) is 0. The van der Waals surface area contributed by atoms with E-state index in [0.717, 1.165) is 0 Å². The summed E-state index contributed by atoms with van der Waals surface area (Å²) in [4.78, 5) is 11.7. The van der Waals surface area contributed by atoms with Crippen molar-refractivity contribution in [3.05, 3.63) is 23.4 Å². The lowest BCUT2D eigenvalue weighted by molar-refractivity contribution is -0.104. The Bertz CT molecular complexity index is 161. The van der Waals surface area contributed by atoms with Gasteiger partial charge in [0.25, 0.3) is 0 Å². The predicted molar refractivity (Wildman–Crippen MR) is 42.8 cm³/mol. The summed E-state index contributed by atoms with van der Waals surface area (Å²) in [5, 5.41) is 0.434. The van der Waals surface area contributed by atoms with E-state index in [0.29, 0.717) is 11.3 Å². The van der Waals surface area contributed by atoms with Crippen molar-refractivity contribution in [1.29, 1.82) is 0 Å². The molecule has 0 amide bonds. The van der Waals surface area contributed by atoms with Crippen LogP contribution in [0.5, 0.6) is 0 Å². The minimum absolute atomic E-state index is 0.434. The highest BCUT2D eigenvalue weighted by molar-refractivity contribution is 6.32. The minimum Gasteiger partial charge on any atom is -0.383 e. The van der Waals surface area contributed by atoms with E-state index in [1.54, 1.807) is 12.3 Å². The molecule has 0 N–H and O–H groups in total. The maximum atomic E-state index is 9.85. The molecule has 56 valence electrons. The van der Waals surface area contributed by atoms with Crippen molar-refractivity contribution in [3.63, 3.8) is 0 Å².